The maximum atomic E-state index is 9.93. The van der Waals surface area contributed by atoms with E-state index in [9.17, 15) is 5.11 Å². The lowest BCUT2D eigenvalue weighted by Gasteiger charge is -2.13. The van der Waals surface area contributed by atoms with Crippen LogP contribution in [0.2, 0.25) is 0 Å². The van der Waals surface area contributed by atoms with Gasteiger partial charge in [0.2, 0.25) is 0 Å². The maximum absolute atomic E-state index is 9.93. The van der Waals surface area contributed by atoms with E-state index in [1.165, 1.54) is 18.5 Å². The molecule has 0 bridgehead atoms. The number of aliphatic hydroxyl groups is 1. The molecule has 1 N–H and O–H groups in total. The fraction of sp³-hybridized carbons (Fsp3) is 0.769. The Morgan fingerprint density at radius 3 is 2.89 bits per heavy atom. The molecule has 1 fully saturated rings. The van der Waals surface area contributed by atoms with Crippen molar-refractivity contribution in [2.45, 2.75) is 38.3 Å². The first-order valence-corrected chi connectivity index (χ1v) is 7.40. The second-order valence-corrected chi connectivity index (χ2v) is 6.26. The van der Waals surface area contributed by atoms with Gasteiger partial charge in [0.25, 0.3) is 0 Å². The third kappa shape index (κ3) is 3.80. The van der Waals surface area contributed by atoms with Crippen LogP contribution in [0.3, 0.4) is 0 Å². The van der Waals surface area contributed by atoms with Crippen molar-refractivity contribution in [3.63, 3.8) is 0 Å². The van der Waals surface area contributed by atoms with Gasteiger partial charge in [0, 0.05) is 6.54 Å². The monoisotopic (exact) mass is 315 g/mol. The van der Waals surface area contributed by atoms with Crippen LogP contribution in [0, 0.1) is 5.92 Å². The number of rotatable bonds is 7. The predicted octanol–water partition coefficient (Wildman–Crippen LogP) is 1.91. The molecule has 2 rings (SSSR count). The van der Waals surface area contributed by atoms with Crippen molar-refractivity contribution in [2.24, 2.45) is 5.92 Å². The Kier molecular flexibility index (Phi) is 4.81. The summed E-state index contributed by atoms with van der Waals surface area (Å²) in [5.74, 6) is 0.557. The number of halogens is 1. The highest BCUT2D eigenvalue weighted by atomic mass is 79.9. The summed E-state index contributed by atoms with van der Waals surface area (Å²) in [5.41, 5.74) is 1.21. The maximum Gasteiger partial charge on any atom is 0.0635 e. The van der Waals surface area contributed by atoms with Gasteiger partial charge in [-0.05, 0) is 61.6 Å². The number of hydrogen-bond acceptors (Lipinski definition) is 3. The second-order valence-electron chi connectivity index (χ2n) is 5.41. The highest BCUT2D eigenvalue weighted by Gasteiger charge is 2.29. The molecular weight excluding hydrogens is 294 g/mol. The van der Waals surface area contributed by atoms with E-state index in [1.54, 1.807) is 0 Å². The van der Waals surface area contributed by atoms with Gasteiger partial charge in [-0.2, -0.15) is 5.10 Å². The van der Waals surface area contributed by atoms with Gasteiger partial charge in [-0.3, -0.25) is 4.68 Å². The summed E-state index contributed by atoms with van der Waals surface area (Å²) < 4.78 is 3.10. The van der Waals surface area contributed by atoms with Gasteiger partial charge in [-0.15, -0.1) is 0 Å². The largest absolute Gasteiger partial charge is 0.393 e. The molecule has 0 saturated heterocycles. The molecule has 1 aromatic rings. The van der Waals surface area contributed by atoms with Crippen LogP contribution in [-0.2, 0) is 13.0 Å². The Morgan fingerprint density at radius 2 is 2.28 bits per heavy atom. The summed E-state index contributed by atoms with van der Waals surface area (Å²) in [6, 6.07) is 0. The molecule has 1 heterocycles. The fourth-order valence-electron chi connectivity index (χ4n) is 2.13. The Hall–Kier alpha value is -0.390. The Balaban J connectivity index is 1.90. The third-order valence-electron chi connectivity index (χ3n) is 3.50. The number of hydrogen-bond donors (Lipinski definition) is 1. The number of nitrogens with zero attached hydrogens (tertiary/aromatic N) is 3. The van der Waals surface area contributed by atoms with Crippen LogP contribution in [0.4, 0.5) is 0 Å². The standard InChI is InChI=1S/C13H22BrN3O/c1-16(2)7-8-17-12(11(14)9-15-17)5-6-13(18)10-3-4-10/h9-10,13,18H,3-8H2,1-2H3. The van der Waals surface area contributed by atoms with Crippen LogP contribution >= 0.6 is 15.9 Å². The summed E-state index contributed by atoms with van der Waals surface area (Å²) in [6.07, 6.45) is 5.86. The lowest BCUT2D eigenvalue weighted by Crippen LogP contribution is -2.21. The SMILES string of the molecule is CN(C)CCn1ncc(Br)c1CCC(O)C1CC1. The van der Waals surface area contributed by atoms with Crippen molar-refractivity contribution < 1.29 is 5.11 Å². The molecule has 102 valence electrons. The Labute approximate surface area is 117 Å². The van der Waals surface area contributed by atoms with E-state index >= 15 is 0 Å². The van der Waals surface area contributed by atoms with Gasteiger partial charge >= 0.3 is 0 Å². The van der Waals surface area contributed by atoms with Gasteiger partial charge in [-0.1, -0.05) is 0 Å². The zero-order valence-corrected chi connectivity index (χ0v) is 12.7. The van der Waals surface area contributed by atoms with Crippen molar-refractivity contribution in [3.8, 4) is 0 Å². The average molecular weight is 316 g/mol. The van der Waals surface area contributed by atoms with Gasteiger partial charge in [0.1, 0.15) is 0 Å². The summed E-state index contributed by atoms with van der Waals surface area (Å²) in [5, 5.41) is 14.3. The van der Waals surface area contributed by atoms with E-state index in [0.717, 1.165) is 30.4 Å². The topological polar surface area (TPSA) is 41.3 Å². The quantitative estimate of drug-likeness (QED) is 0.835. The van der Waals surface area contributed by atoms with Crippen LogP contribution in [0.15, 0.2) is 10.7 Å². The molecule has 4 nitrogen and oxygen atoms in total. The minimum absolute atomic E-state index is 0.130. The molecule has 0 aromatic carbocycles. The smallest absolute Gasteiger partial charge is 0.0635 e. The minimum Gasteiger partial charge on any atom is -0.393 e. The van der Waals surface area contributed by atoms with Crippen molar-refractivity contribution in [3.05, 3.63) is 16.4 Å². The van der Waals surface area contributed by atoms with E-state index in [4.69, 9.17) is 0 Å². The zero-order chi connectivity index (χ0) is 13.1. The van der Waals surface area contributed by atoms with E-state index in [0.29, 0.717) is 5.92 Å². The molecule has 1 aliphatic rings. The minimum atomic E-state index is -0.130. The van der Waals surface area contributed by atoms with Crippen molar-refractivity contribution in [1.82, 2.24) is 14.7 Å². The van der Waals surface area contributed by atoms with Gasteiger partial charge < -0.3 is 10.0 Å². The second kappa shape index (κ2) is 6.17. The summed E-state index contributed by atoms with van der Waals surface area (Å²) in [4.78, 5) is 2.15. The lowest BCUT2D eigenvalue weighted by molar-refractivity contribution is 0.141. The van der Waals surface area contributed by atoms with Crippen molar-refractivity contribution >= 4 is 15.9 Å². The molecule has 1 unspecified atom stereocenters. The van der Waals surface area contributed by atoms with Crippen molar-refractivity contribution in [1.29, 1.82) is 0 Å². The van der Waals surface area contributed by atoms with E-state index in [2.05, 4.69) is 40.0 Å². The molecule has 1 aromatic heterocycles. The molecule has 18 heavy (non-hydrogen) atoms. The number of aromatic nitrogens is 2. The van der Waals surface area contributed by atoms with E-state index in [-0.39, 0.29) is 6.10 Å². The highest BCUT2D eigenvalue weighted by molar-refractivity contribution is 9.10. The predicted molar refractivity (Wildman–Crippen MR) is 75.5 cm³/mol. The van der Waals surface area contributed by atoms with Gasteiger partial charge in [-0.25, -0.2) is 0 Å². The van der Waals surface area contributed by atoms with E-state index in [1.807, 2.05) is 10.9 Å². The zero-order valence-electron chi connectivity index (χ0n) is 11.1. The Morgan fingerprint density at radius 1 is 1.56 bits per heavy atom. The van der Waals surface area contributed by atoms with Crippen LogP contribution in [0.5, 0.6) is 0 Å². The number of likely N-dealkylation sites (N-methyl/N-ethyl adjacent to an activating group) is 1. The first-order chi connectivity index (χ1) is 8.58. The third-order valence-corrected chi connectivity index (χ3v) is 4.16. The first kappa shape index (κ1) is 14.0. The van der Waals surface area contributed by atoms with Crippen molar-refractivity contribution in [2.75, 3.05) is 20.6 Å². The summed E-state index contributed by atoms with van der Waals surface area (Å²) in [6.45, 7) is 1.87. The summed E-state index contributed by atoms with van der Waals surface area (Å²) in [7, 11) is 4.13. The molecule has 5 heteroatoms. The average Bonchev–Trinajstić information content (AvgIpc) is 3.10. The first-order valence-electron chi connectivity index (χ1n) is 6.61. The highest BCUT2D eigenvalue weighted by Crippen LogP contribution is 2.34. The molecule has 0 amide bonds. The summed E-state index contributed by atoms with van der Waals surface area (Å²) >= 11 is 3.55. The lowest BCUT2D eigenvalue weighted by atomic mass is 10.1. The molecular formula is C13H22BrN3O. The van der Waals surface area contributed by atoms with E-state index < -0.39 is 0 Å². The van der Waals surface area contributed by atoms with Crippen LogP contribution in [0.25, 0.3) is 0 Å². The molecule has 0 radical (unpaired) electrons. The number of aliphatic hydroxyl groups excluding tert-OH is 1. The van der Waals surface area contributed by atoms with Crippen LogP contribution in [-0.4, -0.2) is 46.5 Å². The van der Waals surface area contributed by atoms with Gasteiger partial charge in [0.15, 0.2) is 0 Å². The van der Waals surface area contributed by atoms with Crippen LogP contribution < -0.4 is 0 Å². The molecule has 1 saturated carbocycles. The molecule has 1 atom stereocenters. The normalized spacial score (nSPS) is 17.4. The van der Waals surface area contributed by atoms with Crippen LogP contribution in [0.1, 0.15) is 25.0 Å². The molecule has 1 aliphatic carbocycles. The molecule has 0 spiro atoms. The molecule has 0 aliphatic heterocycles. The fourth-order valence-corrected chi connectivity index (χ4v) is 2.62. The Bertz CT molecular complexity index is 388. The van der Waals surface area contributed by atoms with Gasteiger partial charge in [0.05, 0.1) is 29.0 Å².